The quantitative estimate of drug-likeness (QED) is 0.906. The van der Waals surface area contributed by atoms with E-state index >= 15 is 0 Å². The van der Waals surface area contributed by atoms with Crippen molar-refractivity contribution in [2.75, 3.05) is 11.1 Å². The SMILES string of the molecule is Cc1ccc(NC(=O)CSCc2cccc(C#N)c2)cc1C. The van der Waals surface area contributed by atoms with E-state index in [1.54, 1.807) is 6.07 Å². The zero-order valence-corrected chi connectivity index (χ0v) is 13.5. The van der Waals surface area contributed by atoms with Gasteiger partial charge in [-0.1, -0.05) is 18.2 Å². The number of nitriles is 1. The molecule has 0 fully saturated rings. The summed E-state index contributed by atoms with van der Waals surface area (Å²) in [5.74, 6) is 1.10. The molecule has 3 nitrogen and oxygen atoms in total. The molecule has 2 aromatic rings. The minimum atomic E-state index is -0.00955. The number of thioether (sulfide) groups is 1. The molecule has 1 N–H and O–H groups in total. The van der Waals surface area contributed by atoms with E-state index in [-0.39, 0.29) is 5.91 Å². The monoisotopic (exact) mass is 310 g/mol. The molecule has 112 valence electrons. The number of rotatable bonds is 5. The summed E-state index contributed by atoms with van der Waals surface area (Å²) in [6.07, 6.45) is 0. The second kappa shape index (κ2) is 7.67. The molecule has 0 aliphatic carbocycles. The number of nitrogens with one attached hydrogen (secondary N) is 1. The largest absolute Gasteiger partial charge is 0.325 e. The van der Waals surface area contributed by atoms with Crippen LogP contribution in [0.4, 0.5) is 5.69 Å². The summed E-state index contributed by atoms with van der Waals surface area (Å²) in [7, 11) is 0. The number of hydrogen-bond donors (Lipinski definition) is 1. The Labute approximate surface area is 135 Å². The number of anilines is 1. The molecule has 0 atom stereocenters. The van der Waals surface area contributed by atoms with Gasteiger partial charge in [-0.15, -0.1) is 11.8 Å². The molecule has 22 heavy (non-hydrogen) atoms. The lowest BCUT2D eigenvalue weighted by Crippen LogP contribution is -2.14. The molecule has 0 aliphatic heterocycles. The van der Waals surface area contributed by atoms with Crippen molar-refractivity contribution < 1.29 is 4.79 Å². The highest BCUT2D eigenvalue weighted by Crippen LogP contribution is 2.16. The Bertz CT molecular complexity index is 719. The average molecular weight is 310 g/mol. The first-order valence-corrected chi connectivity index (χ1v) is 8.18. The highest BCUT2D eigenvalue weighted by molar-refractivity contribution is 7.99. The van der Waals surface area contributed by atoms with Crippen LogP contribution in [0.1, 0.15) is 22.3 Å². The van der Waals surface area contributed by atoms with Crippen LogP contribution < -0.4 is 5.32 Å². The van der Waals surface area contributed by atoms with Crippen molar-refractivity contribution in [3.63, 3.8) is 0 Å². The normalized spacial score (nSPS) is 10.0. The van der Waals surface area contributed by atoms with Crippen LogP contribution in [0.5, 0.6) is 0 Å². The van der Waals surface area contributed by atoms with Crippen molar-refractivity contribution >= 4 is 23.4 Å². The van der Waals surface area contributed by atoms with Gasteiger partial charge in [-0.25, -0.2) is 0 Å². The highest BCUT2D eigenvalue weighted by atomic mass is 32.2. The molecule has 0 bridgehead atoms. The minimum Gasteiger partial charge on any atom is -0.325 e. The number of carbonyl (C=O) groups excluding carboxylic acids is 1. The number of amides is 1. The van der Waals surface area contributed by atoms with E-state index in [1.165, 1.54) is 22.9 Å². The molecule has 4 heteroatoms. The fourth-order valence-electron chi connectivity index (χ4n) is 2.01. The first-order valence-electron chi connectivity index (χ1n) is 7.02. The predicted molar refractivity (Wildman–Crippen MR) is 91.9 cm³/mol. The van der Waals surface area contributed by atoms with E-state index in [0.717, 1.165) is 17.0 Å². The van der Waals surface area contributed by atoms with Crippen molar-refractivity contribution in [3.05, 3.63) is 64.7 Å². The molecule has 1 amide bonds. The number of aryl methyl sites for hydroxylation is 2. The maximum absolute atomic E-state index is 11.9. The third kappa shape index (κ3) is 4.64. The van der Waals surface area contributed by atoms with Gasteiger partial charge in [0, 0.05) is 11.4 Å². The maximum Gasteiger partial charge on any atom is 0.234 e. The van der Waals surface area contributed by atoms with Gasteiger partial charge >= 0.3 is 0 Å². The number of nitrogens with zero attached hydrogens (tertiary/aromatic N) is 1. The molecule has 0 heterocycles. The van der Waals surface area contributed by atoms with Gasteiger partial charge in [0.15, 0.2) is 0 Å². The Kier molecular flexibility index (Phi) is 5.62. The summed E-state index contributed by atoms with van der Waals surface area (Å²) in [5.41, 5.74) is 4.92. The smallest absolute Gasteiger partial charge is 0.234 e. The van der Waals surface area contributed by atoms with Crippen molar-refractivity contribution in [1.82, 2.24) is 0 Å². The molecule has 0 saturated carbocycles. The van der Waals surface area contributed by atoms with Crippen LogP contribution in [0.25, 0.3) is 0 Å². The van der Waals surface area contributed by atoms with Crippen LogP contribution in [0.15, 0.2) is 42.5 Å². The molecule has 0 spiro atoms. The number of carbonyl (C=O) groups is 1. The molecule has 2 rings (SSSR count). The Morgan fingerprint density at radius 1 is 1.18 bits per heavy atom. The van der Waals surface area contributed by atoms with Crippen LogP contribution >= 0.6 is 11.8 Å². The lowest BCUT2D eigenvalue weighted by atomic mass is 10.1. The van der Waals surface area contributed by atoms with Crippen LogP contribution in [0.3, 0.4) is 0 Å². The Balaban J connectivity index is 1.82. The van der Waals surface area contributed by atoms with Crippen molar-refractivity contribution in [2.45, 2.75) is 19.6 Å². The fraction of sp³-hybridized carbons (Fsp3) is 0.222. The Morgan fingerprint density at radius 3 is 2.73 bits per heavy atom. The second-order valence-corrected chi connectivity index (χ2v) is 6.14. The van der Waals surface area contributed by atoms with Gasteiger partial charge in [0.2, 0.25) is 5.91 Å². The zero-order valence-electron chi connectivity index (χ0n) is 12.7. The van der Waals surface area contributed by atoms with Crippen LogP contribution in [-0.4, -0.2) is 11.7 Å². The molecule has 0 radical (unpaired) electrons. The van der Waals surface area contributed by atoms with E-state index in [0.29, 0.717) is 11.3 Å². The van der Waals surface area contributed by atoms with Crippen LogP contribution in [0, 0.1) is 25.2 Å². The number of benzene rings is 2. The number of hydrogen-bond acceptors (Lipinski definition) is 3. The molecule has 2 aromatic carbocycles. The van der Waals surface area contributed by atoms with E-state index in [9.17, 15) is 4.79 Å². The third-order valence-electron chi connectivity index (χ3n) is 3.35. The predicted octanol–water partition coefficient (Wildman–Crippen LogP) is 4.05. The molecule has 0 saturated heterocycles. The van der Waals surface area contributed by atoms with Gasteiger partial charge in [0.05, 0.1) is 17.4 Å². The molecular weight excluding hydrogens is 292 g/mol. The highest BCUT2D eigenvalue weighted by Gasteiger charge is 2.04. The standard InChI is InChI=1S/C18H18N2OS/c1-13-6-7-17(8-14(13)2)20-18(21)12-22-11-16-5-3-4-15(9-16)10-19/h3-9H,11-12H2,1-2H3,(H,20,21). The molecule has 0 unspecified atom stereocenters. The second-order valence-electron chi connectivity index (χ2n) is 5.15. The summed E-state index contributed by atoms with van der Waals surface area (Å²) in [6.45, 7) is 4.08. The van der Waals surface area contributed by atoms with Crippen molar-refractivity contribution in [3.8, 4) is 6.07 Å². The first kappa shape index (κ1) is 16.1. The van der Waals surface area contributed by atoms with Crippen molar-refractivity contribution in [1.29, 1.82) is 5.26 Å². The fourth-order valence-corrected chi connectivity index (χ4v) is 2.78. The molecule has 0 aliphatic rings. The lowest BCUT2D eigenvalue weighted by Gasteiger charge is -2.07. The lowest BCUT2D eigenvalue weighted by molar-refractivity contribution is -0.113. The molecule has 0 aromatic heterocycles. The Morgan fingerprint density at radius 2 is 2.00 bits per heavy atom. The van der Waals surface area contributed by atoms with E-state index in [1.807, 2.05) is 50.2 Å². The summed E-state index contributed by atoms with van der Waals surface area (Å²) >= 11 is 1.54. The van der Waals surface area contributed by atoms with Gasteiger partial charge in [0.25, 0.3) is 0 Å². The van der Waals surface area contributed by atoms with E-state index < -0.39 is 0 Å². The van der Waals surface area contributed by atoms with Crippen molar-refractivity contribution in [2.24, 2.45) is 0 Å². The van der Waals surface area contributed by atoms with Gasteiger partial charge < -0.3 is 5.32 Å². The van der Waals surface area contributed by atoms with E-state index in [4.69, 9.17) is 5.26 Å². The van der Waals surface area contributed by atoms with E-state index in [2.05, 4.69) is 11.4 Å². The first-order chi connectivity index (χ1) is 10.6. The van der Waals surface area contributed by atoms with Gasteiger partial charge in [-0.2, -0.15) is 5.26 Å². The van der Waals surface area contributed by atoms with Gasteiger partial charge in [-0.3, -0.25) is 4.79 Å². The van der Waals surface area contributed by atoms with Crippen LogP contribution in [0.2, 0.25) is 0 Å². The van der Waals surface area contributed by atoms with Crippen LogP contribution in [-0.2, 0) is 10.5 Å². The summed E-state index contributed by atoms with van der Waals surface area (Å²) in [4.78, 5) is 11.9. The summed E-state index contributed by atoms with van der Waals surface area (Å²) < 4.78 is 0. The Hall–Kier alpha value is -2.25. The summed E-state index contributed by atoms with van der Waals surface area (Å²) in [6, 6.07) is 15.5. The maximum atomic E-state index is 11.9. The van der Waals surface area contributed by atoms with Gasteiger partial charge in [-0.05, 0) is 54.8 Å². The zero-order chi connectivity index (χ0) is 15.9. The summed E-state index contributed by atoms with van der Waals surface area (Å²) in [5, 5.41) is 11.8. The minimum absolute atomic E-state index is 0.00955. The third-order valence-corrected chi connectivity index (χ3v) is 4.35. The van der Waals surface area contributed by atoms with Gasteiger partial charge in [0.1, 0.15) is 0 Å². The topological polar surface area (TPSA) is 52.9 Å². The molecular formula is C18H18N2OS. The average Bonchev–Trinajstić information content (AvgIpc) is 2.51.